The molecule has 5 nitrogen and oxygen atoms in total. The summed E-state index contributed by atoms with van der Waals surface area (Å²) in [5, 5.41) is 9.01. The van der Waals surface area contributed by atoms with E-state index in [1.54, 1.807) is 32.9 Å². The Morgan fingerprint density at radius 3 is 2.44 bits per heavy atom. The number of nitriles is 1. The fourth-order valence-electron chi connectivity index (χ4n) is 2.18. The quantitative estimate of drug-likeness (QED) is 0.687. The Labute approximate surface area is 155 Å². The number of aromatic nitrogens is 2. The van der Waals surface area contributed by atoms with Crippen molar-refractivity contribution in [1.29, 1.82) is 5.26 Å². The van der Waals surface area contributed by atoms with Crippen molar-refractivity contribution in [2.24, 2.45) is 4.99 Å². The Hall–Kier alpha value is -2.95. The lowest BCUT2D eigenvalue weighted by Crippen LogP contribution is -2.25. The zero-order valence-electron chi connectivity index (χ0n) is 15.4. The van der Waals surface area contributed by atoms with Crippen molar-refractivity contribution >= 4 is 11.4 Å². The molecule has 2 rings (SSSR count). The Balaban J connectivity index is 2.36. The van der Waals surface area contributed by atoms with Crippen LogP contribution in [0.1, 0.15) is 44.1 Å². The maximum atomic E-state index is 12.9. The molecule has 0 bridgehead atoms. The third-order valence-electron chi connectivity index (χ3n) is 3.65. The standard InChI is InChI=1S/C19H19F3N4O/c1-5-15(16-7-6-14(10-25-16)27-18(3,4)11-23)26-17-8-13(19(20,21)22)9-24-12(17)2/h6-10H,5H2,1-4H3. The van der Waals surface area contributed by atoms with Gasteiger partial charge in [-0.3, -0.25) is 9.97 Å². The van der Waals surface area contributed by atoms with Gasteiger partial charge in [-0.25, -0.2) is 4.99 Å². The monoisotopic (exact) mass is 376 g/mol. The number of pyridine rings is 2. The smallest absolute Gasteiger partial charge is 0.417 e. The molecule has 2 aromatic heterocycles. The SMILES string of the molecule is CCC(=Nc1cc(C(F)(F)F)cnc1C)c1ccc(OC(C)(C)C#N)cn1. The topological polar surface area (TPSA) is 71.2 Å². The first-order valence-electron chi connectivity index (χ1n) is 8.24. The fraction of sp³-hybridized carbons (Fsp3) is 0.368. The minimum atomic E-state index is -4.48. The first kappa shape index (κ1) is 20.4. The van der Waals surface area contributed by atoms with Crippen LogP contribution in [0, 0.1) is 18.3 Å². The van der Waals surface area contributed by atoms with Crippen molar-refractivity contribution in [3.8, 4) is 11.8 Å². The molecule has 0 N–H and O–H groups in total. The number of hydrogen-bond acceptors (Lipinski definition) is 5. The average molecular weight is 376 g/mol. The van der Waals surface area contributed by atoms with Crippen LogP contribution in [0.2, 0.25) is 0 Å². The van der Waals surface area contributed by atoms with Gasteiger partial charge < -0.3 is 4.74 Å². The second-order valence-electron chi connectivity index (χ2n) is 6.34. The van der Waals surface area contributed by atoms with Crippen LogP contribution in [0.5, 0.6) is 5.75 Å². The van der Waals surface area contributed by atoms with E-state index < -0.39 is 17.3 Å². The summed E-state index contributed by atoms with van der Waals surface area (Å²) < 4.78 is 44.3. The Morgan fingerprint density at radius 1 is 1.22 bits per heavy atom. The Kier molecular flexibility index (Phi) is 5.84. The number of rotatable bonds is 5. The largest absolute Gasteiger partial charge is 0.471 e. The van der Waals surface area contributed by atoms with Gasteiger partial charge in [-0.2, -0.15) is 18.4 Å². The van der Waals surface area contributed by atoms with E-state index in [9.17, 15) is 13.2 Å². The molecule has 8 heteroatoms. The van der Waals surface area contributed by atoms with Crippen LogP contribution < -0.4 is 4.74 Å². The third-order valence-corrected chi connectivity index (χ3v) is 3.65. The molecule has 0 radical (unpaired) electrons. The summed E-state index contributed by atoms with van der Waals surface area (Å²) in [5.74, 6) is 0.415. The molecule has 2 aromatic rings. The van der Waals surface area contributed by atoms with Crippen molar-refractivity contribution < 1.29 is 17.9 Å². The predicted octanol–water partition coefficient (Wildman–Crippen LogP) is 5.02. The van der Waals surface area contributed by atoms with E-state index in [1.165, 1.54) is 6.20 Å². The summed E-state index contributed by atoms with van der Waals surface area (Å²) in [6.07, 6.45) is -1.77. The lowest BCUT2D eigenvalue weighted by molar-refractivity contribution is -0.137. The number of aliphatic imine (C=N–C) groups is 1. The van der Waals surface area contributed by atoms with Crippen LogP contribution in [0.4, 0.5) is 18.9 Å². The number of alkyl halides is 3. The molecule has 0 saturated carbocycles. The first-order valence-corrected chi connectivity index (χ1v) is 8.24. The summed E-state index contributed by atoms with van der Waals surface area (Å²) in [7, 11) is 0. The zero-order chi connectivity index (χ0) is 20.2. The van der Waals surface area contributed by atoms with Gasteiger partial charge in [0.15, 0.2) is 5.60 Å². The van der Waals surface area contributed by atoms with Crippen LogP contribution in [-0.2, 0) is 6.18 Å². The van der Waals surface area contributed by atoms with Gasteiger partial charge in [-0.1, -0.05) is 6.92 Å². The van der Waals surface area contributed by atoms with Gasteiger partial charge in [0, 0.05) is 6.20 Å². The Bertz CT molecular complexity index is 881. The zero-order valence-corrected chi connectivity index (χ0v) is 15.4. The van der Waals surface area contributed by atoms with E-state index in [4.69, 9.17) is 10.00 Å². The van der Waals surface area contributed by atoms with Crippen LogP contribution in [0.3, 0.4) is 0 Å². The van der Waals surface area contributed by atoms with E-state index in [-0.39, 0.29) is 5.69 Å². The van der Waals surface area contributed by atoms with Crippen LogP contribution in [-0.4, -0.2) is 21.3 Å². The van der Waals surface area contributed by atoms with Crippen molar-refractivity contribution in [3.05, 3.63) is 47.5 Å². The molecule has 0 fully saturated rings. The number of ether oxygens (including phenoxy) is 1. The molecule has 0 unspecified atom stereocenters. The molecule has 0 aromatic carbocycles. The number of halogens is 3. The number of nitrogens with zero attached hydrogens (tertiary/aromatic N) is 4. The minimum Gasteiger partial charge on any atom is -0.471 e. The van der Waals surface area contributed by atoms with E-state index in [0.717, 1.165) is 12.3 Å². The molecule has 0 aliphatic heterocycles. The van der Waals surface area contributed by atoms with Crippen LogP contribution in [0.15, 0.2) is 35.6 Å². The summed E-state index contributed by atoms with van der Waals surface area (Å²) in [6, 6.07) is 6.30. The summed E-state index contributed by atoms with van der Waals surface area (Å²) in [5.41, 5.74) is -0.273. The summed E-state index contributed by atoms with van der Waals surface area (Å²) >= 11 is 0. The van der Waals surface area contributed by atoms with E-state index in [1.807, 2.05) is 13.0 Å². The highest BCUT2D eigenvalue weighted by Crippen LogP contribution is 2.32. The molecule has 2 heterocycles. The lowest BCUT2D eigenvalue weighted by atomic mass is 10.1. The van der Waals surface area contributed by atoms with Crippen molar-refractivity contribution in [1.82, 2.24) is 9.97 Å². The highest BCUT2D eigenvalue weighted by atomic mass is 19.4. The normalized spacial score (nSPS) is 12.6. The average Bonchev–Trinajstić information content (AvgIpc) is 2.60. The summed E-state index contributed by atoms with van der Waals surface area (Å²) in [4.78, 5) is 12.4. The van der Waals surface area contributed by atoms with Gasteiger partial charge in [-0.15, -0.1) is 0 Å². The maximum Gasteiger partial charge on any atom is 0.417 e. The highest BCUT2D eigenvalue weighted by molar-refractivity contribution is 6.00. The molecular weight excluding hydrogens is 357 g/mol. The minimum absolute atomic E-state index is 0.148. The van der Waals surface area contributed by atoms with Gasteiger partial charge in [-0.05, 0) is 45.4 Å². The van der Waals surface area contributed by atoms with E-state index in [2.05, 4.69) is 15.0 Å². The second kappa shape index (κ2) is 7.74. The van der Waals surface area contributed by atoms with Crippen LogP contribution >= 0.6 is 0 Å². The predicted molar refractivity (Wildman–Crippen MR) is 95.0 cm³/mol. The third kappa shape index (κ3) is 5.26. The first-order chi connectivity index (χ1) is 12.6. The lowest BCUT2D eigenvalue weighted by Gasteiger charge is -2.18. The van der Waals surface area contributed by atoms with Gasteiger partial charge in [0.1, 0.15) is 11.8 Å². The highest BCUT2D eigenvalue weighted by Gasteiger charge is 2.31. The molecule has 0 amide bonds. The molecule has 0 atom stereocenters. The van der Waals surface area contributed by atoms with Gasteiger partial charge in [0.2, 0.25) is 0 Å². The van der Waals surface area contributed by atoms with Gasteiger partial charge in [0.25, 0.3) is 0 Å². The van der Waals surface area contributed by atoms with Gasteiger partial charge >= 0.3 is 6.18 Å². The maximum absolute atomic E-state index is 12.9. The van der Waals surface area contributed by atoms with E-state index >= 15 is 0 Å². The second-order valence-corrected chi connectivity index (χ2v) is 6.34. The van der Waals surface area contributed by atoms with Crippen molar-refractivity contribution in [2.45, 2.75) is 45.9 Å². The number of aryl methyl sites for hydroxylation is 1. The van der Waals surface area contributed by atoms with Crippen LogP contribution in [0.25, 0.3) is 0 Å². The molecule has 27 heavy (non-hydrogen) atoms. The van der Waals surface area contributed by atoms with Crippen molar-refractivity contribution in [3.63, 3.8) is 0 Å². The molecule has 142 valence electrons. The molecule has 0 aliphatic rings. The summed E-state index contributed by atoms with van der Waals surface area (Å²) in [6.45, 7) is 6.69. The van der Waals surface area contributed by atoms with Gasteiger partial charge in [0.05, 0.1) is 34.5 Å². The fourth-order valence-corrected chi connectivity index (χ4v) is 2.18. The van der Waals surface area contributed by atoms with Crippen molar-refractivity contribution in [2.75, 3.05) is 0 Å². The molecule has 0 spiro atoms. The van der Waals surface area contributed by atoms with E-state index in [0.29, 0.717) is 29.3 Å². The molecule has 0 aliphatic carbocycles. The number of hydrogen-bond donors (Lipinski definition) is 0. The molecule has 0 saturated heterocycles. The molecular formula is C19H19F3N4O. The Morgan fingerprint density at radius 2 is 1.93 bits per heavy atom.